The number of anilines is 1. The second kappa shape index (κ2) is 8.74. The van der Waals surface area contributed by atoms with Crippen molar-refractivity contribution in [3.05, 3.63) is 45.4 Å². The van der Waals surface area contributed by atoms with Gasteiger partial charge in [-0.05, 0) is 38.1 Å². The number of benzene rings is 1. The number of imidazole rings is 1. The molecule has 180 valence electrons. The summed E-state index contributed by atoms with van der Waals surface area (Å²) in [5.41, 5.74) is -0.288. The Morgan fingerprint density at radius 3 is 2.76 bits per heavy atom. The van der Waals surface area contributed by atoms with Gasteiger partial charge in [0.25, 0.3) is 11.5 Å². The fourth-order valence-corrected chi connectivity index (χ4v) is 4.31. The number of fused-ring (bicyclic) bond motifs is 2. The summed E-state index contributed by atoms with van der Waals surface area (Å²) in [6, 6.07) is 7.01. The van der Waals surface area contributed by atoms with Crippen LogP contribution in [0.15, 0.2) is 39.9 Å². The zero-order valence-electron chi connectivity index (χ0n) is 18.2. The Hall–Kier alpha value is -2.84. The number of hydrogen-bond donors (Lipinski definition) is 3. The molecule has 0 bridgehead atoms. The van der Waals surface area contributed by atoms with E-state index in [0.717, 1.165) is 4.47 Å². The van der Waals surface area contributed by atoms with Gasteiger partial charge in [-0.2, -0.15) is 4.98 Å². The Labute approximate surface area is 201 Å². The lowest BCUT2D eigenvalue weighted by atomic mass is 10.1. The lowest BCUT2D eigenvalue weighted by Gasteiger charge is -2.24. The van der Waals surface area contributed by atoms with Crippen molar-refractivity contribution >= 4 is 38.9 Å². The molecule has 34 heavy (non-hydrogen) atoms. The molecule has 0 unspecified atom stereocenters. The molecule has 3 N–H and O–H groups in total. The number of carbonyl (C=O) groups excluding carboxylic acids is 1. The Balaban J connectivity index is 1.37. The molecular formula is C21H22BrN5O7. The maximum absolute atomic E-state index is 12.6. The summed E-state index contributed by atoms with van der Waals surface area (Å²) in [6.07, 6.45) is -1.01. The van der Waals surface area contributed by atoms with E-state index in [0.29, 0.717) is 5.75 Å². The van der Waals surface area contributed by atoms with Crippen LogP contribution >= 0.6 is 15.9 Å². The summed E-state index contributed by atoms with van der Waals surface area (Å²) >= 11 is 3.33. The van der Waals surface area contributed by atoms with Crippen LogP contribution in [0.4, 0.5) is 5.95 Å². The van der Waals surface area contributed by atoms with Crippen LogP contribution < -0.4 is 15.6 Å². The van der Waals surface area contributed by atoms with E-state index in [1.54, 1.807) is 38.1 Å². The molecular weight excluding hydrogens is 514 g/mol. The smallest absolute Gasteiger partial charge is 0.280 e. The molecule has 2 saturated heterocycles. The topological polar surface area (TPSA) is 150 Å². The van der Waals surface area contributed by atoms with Crippen molar-refractivity contribution in [1.82, 2.24) is 19.5 Å². The summed E-state index contributed by atoms with van der Waals surface area (Å²) in [5.74, 6) is -0.925. The molecule has 2 aromatic heterocycles. The average molecular weight is 536 g/mol. The molecule has 0 saturated carbocycles. The molecule has 4 atom stereocenters. The molecule has 1 amide bonds. The number of ether oxygens (including phenoxy) is 4. The number of aromatic amines is 1. The van der Waals surface area contributed by atoms with Gasteiger partial charge in [-0.15, -0.1) is 0 Å². The van der Waals surface area contributed by atoms with E-state index in [4.69, 9.17) is 18.9 Å². The van der Waals surface area contributed by atoms with Gasteiger partial charge < -0.3 is 24.1 Å². The van der Waals surface area contributed by atoms with E-state index in [1.165, 1.54) is 10.9 Å². The first-order valence-corrected chi connectivity index (χ1v) is 11.3. The van der Waals surface area contributed by atoms with Crippen LogP contribution in [0, 0.1) is 0 Å². The van der Waals surface area contributed by atoms with Crippen molar-refractivity contribution in [1.29, 1.82) is 0 Å². The molecule has 4 heterocycles. The summed E-state index contributed by atoms with van der Waals surface area (Å²) in [5, 5.41) is 12.3. The van der Waals surface area contributed by atoms with Crippen LogP contribution in [0.3, 0.4) is 0 Å². The number of H-pyrrole nitrogens is 1. The van der Waals surface area contributed by atoms with E-state index in [2.05, 4.69) is 36.2 Å². The van der Waals surface area contributed by atoms with Crippen molar-refractivity contribution < 1.29 is 28.8 Å². The van der Waals surface area contributed by atoms with Gasteiger partial charge in [0.05, 0.1) is 12.9 Å². The summed E-state index contributed by atoms with van der Waals surface area (Å²) in [7, 11) is 0. The third kappa shape index (κ3) is 4.32. The van der Waals surface area contributed by atoms with Crippen LogP contribution in [0.25, 0.3) is 11.2 Å². The largest absolute Gasteiger partial charge is 0.484 e. The van der Waals surface area contributed by atoms with Gasteiger partial charge in [-0.25, -0.2) is 4.98 Å². The zero-order chi connectivity index (χ0) is 24.0. The number of carbonyl (C=O) groups is 1. The second-order valence-electron chi connectivity index (χ2n) is 8.34. The molecule has 12 nitrogen and oxygen atoms in total. The van der Waals surface area contributed by atoms with Gasteiger partial charge in [-0.1, -0.05) is 15.9 Å². The number of nitrogens with zero attached hydrogens (tertiary/aromatic N) is 3. The van der Waals surface area contributed by atoms with Gasteiger partial charge in [0.15, 0.2) is 29.8 Å². The van der Waals surface area contributed by atoms with Gasteiger partial charge in [0, 0.05) is 4.47 Å². The van der Waals surface area contributed by atoms with Gasteiger partial charge in [0.1, 0.15) is 24.1 Å². The molecule has 5 rings (SSSR count). The molecule has 0 radical (unpaired) electrons. The van der Waals surface area contributed by atoms with Crippen molar-refractivity contribution in [2.45, 2.75) is 44.2 Å². The monoisotopic (exact) mass is 535 g/mol. The molecule has 2 fully saturated rings. The van der Waals surface area contributed by atoms with Crippen molar-refractivity contribution in [3.8, 4) is 5.75 Å². The van der Waals surface area contributed by atoms with E-state index in [9.17, 15) is 14.7 Å². The first-order chi connectivity index (χ1) is 16.2. The van der Waals surface area contributed by atoms with Crippen molar-refractivity contribution in [3.63, 3.8) is 0 Å². The lowest BCUT2D eigenvalue weighted by Crippen LogP contribution is -2.31. The lowest BCUT2D eigenvalue weighted by molar-refractivity contribution is -0.199. The Morgan fingerprint density at radius 2 is 2.03 bits per heavy atom. The molecule has 0 spiro atoms. The molecule has 0 aliphatic carbocycles. The van der Waals surface area contributed by atoms with Crippen LogP contribution in [-0.2, 0) is 19.0 Å². The zero-order valence-corrected chi connectivity index (χ0v) is 19.8. The SMILES string of the molecule is CC1(C)O[C@@H]2[C@H](O1)[C@@H](CO)O[C@@H]2n1cnc2c(=O)[nH]c(NC(=O)COc3ccc(Br)cc3)nc21. The Morgan fingerprint density at radius 1 is 1.29 bits per heavy atom. The Bertz CT molecular complexity index is 1270. The van der Waals surface area contributed by atoms with Crippen LogP contribution in [0.2, 0.25) is 0 Å². The maximum Gasteiger partial charge on any atom is 0.280 e. The van der Waals surface area contributed by atoms with Crippen LogP contribution in [0.1, 0.15) is 20.1 Å². The van der Waals surface area contributed by atoms with Gasteiger partial charge in [-0.3, -0.25) is 24.5 Å². The number of halogens is 1. The average Bonchev–Trinajstić information content (AvgIpc) is 3.44. The second-order valence-corrected chi connectivity index (χ2v) is 9.26. The normalized spacial score (nSPS) is 25.4. The van der Waals surface area contributed by atoms with Crippen LogP contribution in [0.5, 0.6) is 5.75 Å². The van der Waals surface area contributed by atoms with E-state index in [1.807, 2.05) is 0 Å². The number of rotatable bonds is 6. The van der Waals surface area contributed by atoms with Gasteiger partial charge >= 0.3 is 0 Å². The third-order valence-electron chi connectivity index (χ3n) is 5.45. The van der Waals surface area contributed by atoms with Crippen molar-refractivity contribution in [2.24, 2.45) is 0 Å². The van der Waals surface area contributed by atoms with Gasteiger partial charge in [0.2, 0.25) is 5.95 Å². The minimum absolute atomic E-state index is 0.0647. The van der Waals surface area contributed by atoms with E-state index < -0.39 is 41.8 Å². The number of amides is 1. The summed E-state index contributed by atoms with van der Waals surface area (Å²) in [4.78, 5) is 35.9. The highest BCUT2D eigenvalue weighted by atomic mass is 79.9. The van der Waals surface area contributed by atoms with Crippen molar-refractivity contribution in [2.75, 3.05) is 18.5 Å². The molecule has 2 aliphatic rings. The fraction of sp³-hybridized carbons (Fsp3) is 0.429. The number of hydrogen-bond acceptors (Lipinski definition) is 9. The number of aliphatic hydroxyl groups excluding tert-OH is 1. The molecule has 13 heteroatoms. The predicted molar refractivity (Wildman–Crippen MR) is 121 cm³/mol. The third-order valence-corrected chi connectivity index (χ3v) is 5.98. The first-order valence-electron chi connectivity index (χ1n) is 10.5. The standard InChI is InChI=1S/C21H22BrN5O7/c1-21(2)33-15-12(7-28)32-19(16(15)34-21)27-9-23-14-17(27)25-20(26-18(14)30)24-13(29)8-31-11-5-3-10(22)4-6-11/h3-6,9,12,15-16,19,28H,7-8H2,1-2H3,(H2,24,25,26,29,30)/t12-,15-,16-,19+/m1/s1. The molecule has 2 aliphatic heterocycles. The van der Waals surface area contributed by atoms with E-state index in [-0.39, 0.29) is 30.3 Å². The quantitative estimate of drug-likeness (QED) is 0.424. The number of aromatic nitrogens is 4. The summed E-state index contributed by atoms with van der Waals surface area (Å²) in [6.45, 7) is 3.00. The highest BCUT2D eigenvalue weighted by Gasteiger charge is 2.56. The molecule has 3 aromatic rings. The fourth-order valence-electron chi connectivity index (χ4n) is 4.05. The molecule has 1 aromatic carbocycles. The van der Waals surface area contributed by atoms with Crippen LogP contribution in [-0.4, -0.2) is 67.8 Å². The maximum atomic E-state index is 12.6. The highest BCUT2D eigenvalue weighted by Crippen LogP contribution is 2.43. The first kappa shape index (κ1) is 22.9. The summed E-state index contributed by atoms with van der Waals surface area (Å²) < 4.78 is 25.7. The highest BCUT2D eigenvalue weighted by molar-refractivity contribution is 9.10. The predicted octanol–water partition coefficient (Wildman–Crippen LogP) is 1.31. The number of aliphatic hydroxyl groups is 1. The minimum atomic E-state index is -0.861. The Kier molecular flexibility index (Phi) is 5.90. The minimum Gasteiger partial charge on any atom is -0.484 e. The number of nitrogens with one attached hydrogen (secondary N) is 2. The van der Waals surface area contributed by atoms with E-state index >= 15 is 0 Å².